The van der Waals surface area contributed by atoms with E-state index in [0.717, 1.165) is 31.5 Å². The topological polar surface area (TPSA) is 17.0 Å². The van der Waals surface area contributed by atoms with Gasteiger partial charge in [-0.15, -0.1) is 0 Å². The Balaban J connectivity index is 1.69. The van der Waals surface area contributed by atoms with E-state index < -0.39 is 0 Å². The molecule has 0 spiro atoms. The van der Waals surface area contributed by atoms with Crippen LogP contribution in [0.1, 0.15) is 46.0 Å². The van der Waals surface area contributed by atoms with E-state index in [0.29, 0.717) is 0 Å². The van der Waals surface area contributed by atoms with E-state index in [2.05, 4.69) is 115 Å². The second-order valence-electron chi connectivity index (χ2n) is 8.72. The number of hydrogen-bond acceptors (Lipinski definition) is 1. The fourth-order valence-corrected chi connectivity index (χ4v) is 5.13. The quantitative estimate of drug-likeness (QED) is 0.387. The highest BCUT2D eigenvalue weighted by Crippen LogP contribution is 2.35. The van der Waals surface area contributed by atoms with Gasteiger partial charge in [-0.05, 0) is 74.5 Å². The normalized spacial score (nSPS) is 17.2. The van der Waals surface area contributed by atoms with Crippen molar-refractivity contribution in [3.63, 3.8) is 0 Å². The first-order valence-electron chi connectivity index (χ1n) is 12.2. The molecule has 2 nitrogen and oxygen atoms in total. The number of aromatic nitrogens is 1. The fourth-order valence-electron chi connectivity index (χ4n) is 5.13. The number of fused-ring (bicyclic) bond motifs is 3. The molecule has 2 aliphatic rings. The van der Waals surface area contributed by atoms with Crippen molar-refractivity contribution in [3.8, 4) is 0 Å². The molecule has 0 fully saturated rings. The molecular formula is C31H32N2. The lowest BCUT2D eigenvalue weighted by molar-refractivity contribution is 0.845. The molecule has 166 valence electrons. The summed E-state index contributed by atoms with van der Waals surface area (Å²) in [7, 11) is 0. The second kappa shape index (κ2) is 9.54. The predicted molar refractivity (Wildman–Crippen MR) is 143 cm³/mol. The van der Waals surface area contributed by atoms with Gasteiger partial charge in [-0.1, -0.05) is 79.3 Å². The summed E-state index contributed by atoms with van der Waals surface area (Å²) in [6, 6.07) is 17.4. The van der Waals surface area contributed by atoms with Crippen LogP contribution in [0.15, 0.2) is 113 Å². The molecule has 2 heteroatoms. The molecule has 0 bridgehead atoms. The molecule has 0 saturated heterocycles. The Bertz CT molecular complexity index is 1320. The SMILES string of the molecule is C/C=C\C=C(/NC1=C(C2=C(CC)CCC=C2)CCC=C1)n1c2ccccc2c2ccccc21. The van der Waals surface area contributed by atoms with E-state index >= 15 is 0 Å². The molecule has 0 atom stereocenters. The summed E-state index contributed by atoms with van der Waals surface area (Å²) in [4.78, 5) is 0. The van der Waals surface area contributed by atoms with Crippen molar-refractivity contribution in [2.75, 3.05) is 0 Å². The van der Waals surface area contributed by atoms with Crippen molar-refractivity contribution in [3.05, 3.63) is 113 Å². The van der Waals surface area contributed by atoms with Crippen molar-refractivity contribution in [1.82, 2.24) is 9.88 Å². The molecule has 0 aliphatic heterocycles. The Kier molecular flexibility index (Phi) is 6.17. The average molecular weight is 433 g/mol. The highest BCUT2D eigenvalue weighted by atomic mass is 15.1. The van der Waals surface area contributed by atoms with Crippen molar-refractivity contribution in [1.29, 1.82) is 0 Å². The van der Waals surface area contributed by atoms with Crippen LogP contribution >= 0.6 is 0 Å². The van der Waals surface area contributed by atoms with Crippen LogP contribution in [0.2, 0.25) is 0 Å². The summed E-state index contributed by atoms with van der Waals surface area (Å²) in [5.41, 5.74) is 8.12. The fraction of sp³-hybridized carbons (Fsp3) is 0.226. The summed E-state index contributed by atoms with van der Waals surface area (Å²) < 4.78 is 2.36. The zero-order valence-corrected chi connectivity index (χ0v) is 19.6. The molecule has 0 unspecified atom stereocenters. The molecular weight excluding hydrogens is 400 g/mol. The van der Waals surface area contributed by atoms with E-state index in [-0.39, 0.29) is 0 Å². The predicted octanol–water partition coefficient (Wildman–Crippen LogP) is 8.42. The van der Waals surface area contributed by atoms with E-state index in [1.165, 1.54) is 45.1 Å². The third-order valence-electron chi connectivity index (χ3n) is 6.73. The summed E-state index contributed by atoms with van der Waals surface area (Å²) >= 11 is 0. The summed E-state index contributed by atoms with van der Waals surface area (Å²) in [5, 5.41) is 6.42. The molecule has 2 aromatic carbocycles. The van der Waals surface area contributed by atoms with Crippen molar-refractivity contribution in [2.45, 2.75) is 46.0 Å². The van der Waals surface area contributed by atoms with Crippen LogP contribution < -0.4 is 5.32 Å². The largest absolute Gasteiger partial charge is 0.341 e. The Morgan fingerprint density at radius 3 is 2.27 bits per heavy atom. The van der Waals surface area contributed by atoms with Gasteiger partial charge in [0.1, 0.15) is 5.82 Å². The van der Waals surface area contributed by atoms with Crippen LogP contribution in [0.4, 0.5) is 0 Å². The maximum absolute atomic E-state index is 3.87. The van der Waals surface area contributed by atoms with E-state index in [9.17, 15) is 0 Å². The maximum atomic E-state index is 3.87. The van der Waals surface area contributed by atoms with Crippen molar-refractivity contribution < 1.29 is 0 Å². The third kappa shape index (κ3) is 4.02. The van der Waals surface area contributed by atoms with Crippen LogP contribution in [0.3, 0.4) is 0 Å². The molecule has 1 N–H and O–H groups in total. The zero-order chi connectivity index (χ0) is 22.6. The van der Waals surface area contributed by atoms with Crippen molar-refractivity contribution >= 4 is 27.6 Å². The molecule has 0 radical (unpaired) electrons. The van der Waals surface area contributed by atoms with Gasteiger partial charge >= 0.3 is 0 Å². The average Bonchev–Trinajstić information content (AvgIpc) is 3.21. The summed E-state index contributed by atoms with van der Waals surface area (Å²) in [6.07, 6.45) is 21.3. The van der Waals surface area contributed by atoms with Gasteiger partial charge in [-0.25, -0.2) is 0 Å². The highest BCUT2D eigenvalue weighted by Gasteiger charge is 2.19. The van der Waals surface area contributed by atoms with Crippen molar-refractivity contribution in [2.24, 2.45) is 0 Å². The van der Waals surface area contributed by atoms with Crippen LogP contribution in [0, 0.1) is 0 Å². The minimum atomic E-state index is 1.07. The van der Waals surface area contributed by atoms with Gasteiger partial charge in [0, 0.05) is 16.5 Å². The smallest absolute Gasteiger partial charge is 0.115 e. The standard InChI is InChI=1S/C31H32N2/c1-3-5-22-31(33-29-20-12-9-17-26(29)27-18-10-13-21-30(27)33)32-28-19-11-8-16-25(28)24-15-7-6-14-23(24)4-2/h3,5,7,9-13,15,17-22,32H,4,6,8,14,16H2,1-2H3/b5-3-,31-22+. The first kappa shape index (κ1) is 21.3. The lowest BCUT2D eigenvalue weighted by Crippen LogP contribution is -2.19. The number of rotatable bonds is 6. The monoisotopic (exact) mass is 432 g/mol. The van der Waals surface area contributed by atoms with E-state index in [1.54, 1.807) is 5.57 Å². The number of benzene rings is 2. The molecule has 5 rings (SSSR count). The maximum Gasteiger partial charge on any atom is 0.115 e. The minimum Gasteiger partial charge on any atom is -0.341 e. The summed E-state index contributed by atoms with van der Waals surface area (Å²) in [5.74, 6) is 1.07. The Morgan fingerprint density at radius 1 is 0.909 bits per heavy atom. The molecule has 33 heavy (non-hydrogen) atoms. The lowest BCUT2D eigenvalue weighted by atomic mass is 9.86. The van der Waals surface area contributed by atoms with Gasteiger partial charge in [0.05, 0.1) is 11.0 Å². The van der Waals surface area contributed by atoms with Gasteiger partial charge in [-0.3, -0.25) is 4.57 Å². The number of para-hydroxylation sites is 2. The van der Waals surface area contributed by atoms with Gasteiger partial charge in [0.2, 0.25) is 0 Å². The molecule has 3 aromatic rings. The van der Waals surface area contributed by atoms with E-state index in [1.807, 2.05) is 0 Å². The van der Waals surface area contributed by atoms with Gasteiger partial charge < -0.3 is 5.32 Å². The summed E-state index contributed by atoms with van der Waals surface area (Å²) in [6.45, 7) is 4.35. The van der Waals surface area contributed by atoms with Crippen LogP contribution in [-0.2, 0) is 0 Å². The first-order valence-corrected chi connectivity index (χ1v) is 12.2. The Hall–Kier alpha value is -3.52. The highest BCUT2D eigenvalue weighted by molar-refractivity contribution is 6.10. The number of nitrogens with one attached hydrogen (secondary N) is 1. The third-order valence-corrected chi connectivity index (χ3v) is 6.73. The number of allylic oxidation sites excluding steroid dienone is 10. The molecule has 0 amide bonds. The second-order valence-corrected chi connectivity index (χ2v) is 8.72. The van der Waals surface area contributed by atoms with Gasteiger partial charge in [-0.2, -0.15) is 0 Å². The van der Waals surface area contributed by atoms with Gasteiger partial charge in [0.15, 0.2) is 0 Å². The van der Waals surface area contributed by atoms with Crippen LogP contribution in [-0.4, -0.2) is 4.57 Å². The molecule has 1 heterocycles. The molecule has 0 saturated carbocycles. The zero-order valence-electron chi connectivity index (χ0n) is 19.6. The Labute approximate surface area is 197 Å². The molecule has 2 aliphatic carbocycles. The minimum absolute atomic E-state index is 1.07. The lowest BCUT2D eigenvalue weighted by Gasteiger charge is -2.24. The molecule has 1 aromatic heterocycles. The number of nitrogens with zero attached hydrogens (tertiary/aromatic N) is 1. The van der Waals surface area contributed by atoms with E-state index in [4.69, 9.17) is 0 Å². The van der Waals surface area contributed by atoms with Crippen LogP contribution in [0.25, 0.3) is 27.6 Å². The Morgan fingerprint density at radius 2 is 1.58 bits per heavy atom. The van der Waals surface area contributed by atoms with Gasteiger partial charge in [0.25, 0.3) is 0 Å². The first-order chi connectivity index (χ1) is 16.3. The van der Waals surface area contributed by atoms with Crippen LogP contribution in [0.5, 0.6) is 0 Å². The number of hydrogen-bond donors (Lipinski definition) is 1.